The third-order valence-corrected chi connectivity index (χ3v) is 2.89. The molecule has 0 nitrogen and oxygen atoms in total. The summed E-state index contributed by atoms with van der Waals surface area (Å²) in [5, 5.41) is 0.0480. The summed E-state index contributed by atoms with van der Waals surface area (Å²) in [6.45, 7) is 0. The smallest absolute Gasteiger partial charge is 0.207 e. The van der Waals surface area contributed by atoms with Crippen molar-refractivity contribution in [2.45, 2.75) is 11.4 Å². The number of hydrogen-bond acceptors (Lipinski definition) is 1. The molecule has 0 bridgehead atoms. The monoisotopic (exact) mass is 222 g/mol. The van der Waals surface area contributed by atoms with E-state index in [9.17, 15) is 17.6 Å². The van der Waals surface area contributed by atoms with Crippen LogP contribution in [-0.2, 0) is 6.18 Å². The first-order chi connectivity index (χ1) is 6.47. The van der Waals surface area contributed by atoms with E-state index >= 15 is 0 Å². The van der Waals surface area contributed by atoms with E-state index in [1.165, 1.54) is 17.8 Å². The molecule has 1 aromatic carbocycles. The summed E-state index contributed by atoms with van der Waals surface area (Å²) in [6, 6.07) is 2.71. The Bertz CT molecular complexity index is 354. The molecule has 1 aliphatic rings. The molecule has 0 aliphatic carbocycles. The van der Waals surface area contributed by atoms with Gasteiger partial charge in [0.1, 0.15) is 5.82 Å². The molecule has 0 spiro atoms. The van der Waals surface area contributed by atoms with E-state index in [4.69, 9.17) is 0 Å². The molecule has 0 saturated carbocycles. The van der Waals surface area contributed by atoms with Gasteiger partial charge in [0.25, 0.3) is 0 Å². The highest BCUT2D eigenvalue weighted by Gasteiger charge is 2.33. The Morgan fingerprint density at radius 2 is 1.86 bits per heavy atom. The van der Waals surface area contributed by atoms with Crippen LogP contribution in [0.25, 0.3) is 0 Å². The molecule has 1 heterocycles. The van der Waals surface area contributed by atoms with Crippen LogP contribution in [0.1, 0.15) is 16.4 Å². The van der Waals surface area contributed by atoms with Gasteiger partial charge in [0.15, 0.2) is 0 Å². The van der Waals surface area contributed by atoms with Gasteiger partial charge in [-0.3, -0.25) is 0 Å². The Hall–Kier alpha value is -0.710. The number of alkyl halides is 3. The highest BCUT2D eigenvalue weighted by Crippen LogP contribution is 2.47. The third-order valence-electron chi connectivity index (χ3n) is 1.95. The summed E-state index contributed by atoms with van der Waals surface area (Å²) in [4.78, 5) is 0. The quantitative estimate of drug-likeness (QED) is 0.516. The number of benzene rings is 1. The third kappa shape index (κ3) is 2.03. The predicted octanol–water partition coefficient (Wildman–Crippen LogP) is 3.63. The van der Waals surface area contributed by atoms with Gasteiger partial charge in [0, 0.05) is 11.0 Å². The molecule has 1 unspecified atom stereocenters. The van der Waals surface area contributed by atoms with E-state index in [2.05, 4.69) is 0 Å². The Labute approximate surface area is 82.3 Å². The van der Waals surface area contributed by atoms with Crippen molar-refractivity contribution >= 4 is 11.8 Å². The van der Waals surface area contributed by atoms with Gasteiger partial charge >= 0.3 is 6.18 Å². The largest absolute Gasteiger partial charge is 0.416 e. The minimum absolute atomic E-state index is 0.0480. The summed E-state index contributed by atoms with van der Waals surface area (Å²) in [5.41, 5.74) is -0.470. The van der Waals surface area contributed by atoms with Crippen molar-refractivity contribution in [2.24, 2.45) is 0 Å². The van der Waals surface area contributed by atoms with Crippen molar-refractivity contribution in [1.29, 1.82) is 0 Å². The molecule has 5 heteroatoms. The van der Waals surface area contributed by atoms with Crippen molar-refractivity contribution in [3.8, 4) is 0 Å². The van der Waals surface area contributed by atoms with Gasteiger partial charge in [0.2, 0.25) is 0 Å². The average Bonchev–Trinajstić information content (AvgIpc) is 2.83. The Morgan fingerprint density at radius 1 is 1.21 bits per heavy atom. The molecule has 2 rings (SSSR count). The average molecular weight is 222 g/mol. The Balaban J connectivity index is 2.41. The molecular formula is C9H6F4S. The molecule has 14 heavy (non-hydrogen) atoms. The Morgan fingerprint density at radius 3 is 2.36 bits per heavy atom. The van der Waals surface area contributed by atoms with Crippen molar-refractivity contribution in [1.82, 2.24) is 0 Å². The van der Waals surface area contributed by atoms with Crippen LogP contribution in [0.15, 0.2) is 18.2 Å². The second kappa shape index (κ2) is 3.15. The van der Waals surface area contributed by atoms with Gasteiger partial charge < -0.3 is 0 Å². The van der Waals surface area contributed by atoms with Crippen LogP contribution in [0.5, 0.6) is 0 Å². The van der Waals surface area contributed by atoms with Gasteiger partial charge in [-0.05, 0) is 23.8 Å². The molecule has 1 aromatic rings. The van der Waals surface area contributed by atoms with E-state index in [1.807, 2.05) is 0 Å². The van der Waals surface area contributed by atoms with Crippen LogP contribution >= 0.6 is 11.8 Å². The number of halogens is 4. The summed E-state index contributed by atoms with van der Waals surface area (Å²) in [7, 11) is 0. The molecule has 0 N–H and O–H groups in total. The summed E-state index contributed by atoms with van der Waals surface area (Å²) in [6.07, 6.45) is -4.46. The first kappa shape index (κ1) is 9.83. The first-order valence-corrected chi connectivity index (χ1v) is 5.01. The molecule has 0 amide bonds. The molecule has 0 radical (unpaired) electrons. The number of rotatable bonds is 1. The van der Waals surface area contributed by atoms with Crippen molar-refractivity contribution in [2.75, 3.05) is 5.75 Å². The predicted molar refractivity (Wildman–Crippen MR) is 46.6 cm³/mol. The van der Waals surface area contributed by atoms with Gasteiger partial charge in [0.05, 0.1) is 5.56 Å². The van der Waals surface area contributed by atoms with Crippen molar-refractivity contribution in [3.63, 3.8) is 0 Å². The Kier molecular flexibility index (Phi) is 2.21. The lowest BCUT2D eigenvalue weighted by atomic mass is 10.1. The minimum Gasteiger partial charge on any atom is -0.207 e. The minimum atomic E-state index is -4.46. The van der Waals surface area contributed by atoms with Gasteiger partial charge in [-0.25, -0.2) is 4.39 Å². The zero-order chi connectivity index (χ0) is 10.3. The van der Waals surface area contributed by atoms with E-state index < -0.39 is 17.6 Å². The van der Waals surface area contributed by atoms with E-state index in [1.54, 1.807) is 0 Å². The maximum Gasteiger partial charge on any atom is 0.416 e. The summed E-state index contributed by atoms with van der Waals surface area (Å²) in [5.74, 6) is -0.0388. The van der Waals surface area contributed by atoms with Gasteiger partial charge in [-0.1, -0.05) is 0 Å². The van der Waals surface area contributed by atoms with Gasteiger partial charge in [-0.2, -0.15) is 24.9 Å². The second-order valence-electron chi connectivity index (χ2n) is 3.09. The lowest BCUT2D eigenvalue weighted by Gasteiger charge is -2.08. The number of thioether (sulfide) groups is 1. The summed E-state index contributed by atoms with van der Waals surface area (Å²) < 4.78 is 49.6. The normalized spacial score (nSPS) is 21.0. The van der Waals surface area contributed by atoms with E-state index in [-0.39, 0.29) is 5.25 Å². The molecule has 76 valence electrons. The van der Waals surface area contributed by atoms with Crippen molar-refractivity contribution in [3.05, 3.63) is 35.1 Å². The molecule has 1 atom stereocenters. The fourth-order valence-corrected chi connectivity index (χ4v) is 1.82. The molecule has 1 saturated heterocycles. The van der Waals surface area contributed by atoms with Gasteiger partial charge in [-0.15, -0.1) is 0 Å². The number of hydrogen-bond donors (Lipinski definition) is 0. The van der Waals surface area contributed by atoms with Crippen LogP contribution in [0.2, 0.25) is 0 Å². The maximum absolute atomic E-state index is 12.8. The zero-order valence-electron chi connectivity index (χ0n) is 6.94. The van der Waals surface area contributed by atoms with Crippen LogP contribution in [-0.4, -0.2) is 5.75 Å². The SMILES string of the molecule is Fc1cc(C2CS2)cc(C(F)(F)F)c1. The topological polar surface area (TPSA) is 0 Å². The van der Waals surface area contributed by atoms with E-state index in [0.29, 0.717) is 11.6 Å². The lowest BCUT2D eigenvalue weighted by Crippen LogP contribution is -2.06. The van der Waals surface area contributed by atoms with Crippen LogP contribution in [0, 0.1) is 5.82 Å². The molecular weight excluding hydrogens is 216 g/mol. The zero-order valence-corrected chi connectivity index (χ0v) is 7.75. The highest BCUT2D eigenvalue weighted by molar-refractivity contribution is 8.06. The fraction of sp³-hybridized carbons (Fsp3) is 0.333. The lowest BCUT2D eigenvalue weighted by molar-refractivity contribution is -0.137. The van der Waals surface area contributed by atoms with Crippen LogP contribution in [0.4, 0.5) is 17.6 Å². The van der Waals surface area contributed by atoms with Crippen LogP contribution in [0.3, 0.4) is 0 Å². The maximum atomic E-state index is 12.8. The highest BCUT2D eigenvalue weighted by atomic mass is 32.2. The second-order valence-corrected chi connectivity index (χ2v) is 4.33. The van der Waals surface area contributed by atoms with Crippen LogP contribution < -0.4 is 0 Å². The molecule has 1 aliphatic heterocycles. The first-order valence-electron chi connectivity index (χ1n) is 3.96. The fourth-order valence-electron chi connectivity index (χ4n) is 1.20. The standard InChI is InChI=1S/C9H6F4S/c10-7-2-5(8-4-14-8)1-6(3-7)9(11,12)13/h1-3,8H,4H2. The molecule has 1 fully saturated rings. The summed E-state index contributed by atoms with van der Waals surface area (Å²) >= 11 is 1.52. The molecule has 0 aromatic heterocycles. The van der Waals surface area contributed by atoms with Crippen molar-refractivity contribution < 1.29 is 17.6 Å². The van der Waals surface area contributed by atoms with E-state index in [0.717, 1.165) is 11.8 Å².